The zero-order chi connectivity index (χ0) is 11.4. The molecule has 0 heterocycles. The van der Waals surface area contributed by atoms with Crippen LogP contribution >= 0.6 is 12.6 Å². The van der Waals surface area contributed by atoms with Crippen molar-refractivity contribution in [1.82, 2.24) is 0 Å². The average molecular weight is 227 g/mol. The Kier molecular flexibility index (Phi) is 3.68. The van der Waals surface area contributed by atoms with E-state index in [0.717, 1.165) is 0 Å². The lowest BCUT2D eigenvalue weighted by molar-refractivity contribution is -0.384. The second-order valence-corrected chi connectivity index (χ2v) is 3.29. The predicted octanol–water partition coefficient (Wildman–Crippen LogP) is 1.69. The summed E-state index contributed by atoms with van der Waals surface area (Å²) in [7, 11) is 0. The number of aliphatic carboxylic acids is 1. The summed E-state index contributed by atoms with van der Waals surface area (Å²) in [4.78, 5) is 20.6. The van der Waals surface area contributed by atoms with Crippen LogP contribution < -0.4 is 0 Å². The molecule has 0 aliphatic rings. The molecule has 0 aliphatic carbocycles. The van der Waals surface area contributed by atoms with E-state index in [-0.39, 0.29) is 11.4 Å². The van der Waals surface area contributed by atoms with Gasteiger partial charge in [0, 0.05) is 17.9 Å². The fourth-order valence-electron chi connectivity index (χ4n) is 1.15. The van der Waals surface area contributed by atoms with Crippen molar-refractivity contribution in [2.24, 2.45) is 0 Å². The number of hydrogen-bond acceptors (Lipinski definition) is 4. The van der Waals surface area contributed by atoms with E-state index in [9.17, 15) is 14.9 Å². The third kappa shape index (κ3) is 2.69. The topological polar surface area (TPSA) is 80.4 Å². The maximum absolute atomic E-state index is 10.8. The number of hydrogen-bond donors (Lipinski definition) is 2. The standard InChI is InChI=1S/C9H9NO4S/c11-9(12)8(5-15)6-1-3-7(4-2-6)10(13)14/h1-4,8,15H,5H2,(H,11,12). The molecule has 0 aromatic heterocycles. The molecule has 1 rings (SSSR count). The van der Waals surface area contributed by atoms with Crippen molar-refractivity contribution in [2.45, 2.75) is 5.92 Å². The SMILES string of the molecule is O=C(O)C(CS)c1ccc([N+](=O)[O-])cc1. The van der Waals surface area contributed by atoms with Gasteiger partial charge >= 0.3 is 5.97 Å². The third-order valence-electron chi connectivity index (χ3n) is 1.99. The van der Waals surface area contributed by atoms with E-state index < -0.39 is 16.8 Å². The van der Waals surface area contributed by atoms with E-state index in [1.807, 2.05) is 0 Å². The molecule has 0 saturated carbocycles. The van der Waals surface area contributed by atoms with E-state index in [1.54, 1.807) is 0 Å². The first-order chi connectivity index (χ1) is 7.06. The molecule has 0 bridgehead atoms. The van der Waals surface area contributed by atoms with Crippen LogP contribution in [0, 0.1) is 10.1 Å². The van der Waals surface area contributed by atoms with Gasteiger partial charge in [0.05, 0.1) is 10.8 Å². The van der Waals surface area contributed by atoms with Crippen LogP contribution in [0.5, 0.6) is 0 Å². The Hall–Kier alpha value is -1.56. The molecule has 1 unspecified atom stereocenters. The summed E-state index contributed by atoms with van der Waals surface area (Å²) >= 11 is 3.92. The minimum Gasteiger partial charge on any atom is -0.481 e. The summed E-state index contributed by atoms with van der Waals surface area (Å²) in [5.41, 5.74) is 0.463. The van der Waals surface area contributed by atoms with Crippen molar-refractivity contribution in [3.63, 3.8) is 0 Å². The Morgan fingerprint density at radius 1 is 1.47 bits per heavy atom. The Bertz CT molecular complexity index is 376. The van der Waals surface area contributed by atoms with Crippen LogP contribution in [-0.2, 0) is 4.79 Å². The van der Waals surface area contributed by atoms with E-state index in [4.69, 9.17) is 5.11 Å². The molecule has 0 aliphatic heterocycles. The number of benzene rings is 1. The number of nitro benzene ring substituents is 1. The predicted molar refractivity (Wildman–Crippen MR) is 57.3 cm³/mol. The molecule has 1 N–H and O–H groups in total. The number of non-ortho nitro benzene ring substituents is 1. The molecule has 0 fully saturated rings. The highest BCUT2D eigenvalue weighted by molar-refractivity contribution is 7.80. The van der Waals surface area contributed by atoms with E-state index in [2.05, 4.69) is 12.6 Å². The highest BCUT2D eigenvalue weighted by Gasteiger charge is 2.18. The largest absolute Gasteiger partial charge is 0.481 e. The van der Waals surface area contributed by atoms with Gasteiger partial charge in [-0.2, -0.15) is 12.6 Å². The van der Waals surface area contributed by atoms with Gasteiger partial charge in [-0.3, -0.25) is 14.9 Å². The van der Waals surface area contributed by atoms with Crippen molar-refractivity contribution < 1.29 is 14.8 Å². The van der Waals surface area contributed by atoms with Gasteiger partial charge in [-0.25, -0.2) is 0 Å². The zero-order valence-corrected chi connectivity index (χ0v) is 8.55. The van der Waals surface area contributed by atoms with Gasteiger partial charge in [-0.05, 0) is 5.56 Å². The molecule has 15 heavy (non-hydrogen) atoms. The van der Waals surface area contributed by atoms with Crippen molar-refractivity contribution in [3.8, 4) is 0 Å². The second kappa shape index (κ2) is 4.79. The van der Waals surface area contributed by atoms with E-state index in [1.165, 1.54) is 24.3 Å². The minimum atomic E-state index is -0.987. The van der Waals surface area contributed by atoms with Crippen LogP contribution in [-0.4, -0.2) is 21.8 Å². The first kappa shape index (κ1) is 11.5. The minimum absolute atomic E-state index is 0.0537. The molecule has 0 saturated heterocycles. The number of carboxylic acids is 1. The van der Waals surface area contributed by atoms with Gasteiger partial charge in [0.25, 0.3) is 5.69 Å². The quantitative estimate of drug-likeness (QED) is 0.466. The molecule has 80 valence electrons. The normalized spacial score (nSPS) is 12.1. The summed E-state index contributed by atoms with van der Waals surface area (Å²) < 4.78 is 0. The Balaban J connectivity index is 2.97. The Labute approximate surface area is 91.3 Å². The van der Waals surface area contributed by atoms with Crippen molar-refractivity contribution in [1.29, 1.82) is 0 Å². The Morgan fingerprint density at radius 2 is 2.00 bits per heavy atom. The number of nitrogens with zero attached hydrogens (tertiary/aromatic N) is 1. The summed E-state index contributed by atoms with van der Waals surface area (Å²) in [5, 5.41) is 19.2. The summed E-state index contributed by atoms with van der Waals surface area (Å²) in [6.07, 6.45) is 0. The molecular weight excluding hydrogens is 218 g/mol. The van der Waals surface area contributed by atoms with Crippen LogP contribution in [0.25, 0.3) is 0 Å². The maximum atomic E-state index is 10.8. The average Bonchev–Trinajstić information content (AvgIpc) is 2.19. The fraction of sp³-hybridized carbons (Fsp3) is 0.222. The zero-order valence-electron chi connectivity index (χ0n) is 7.66. The first-order valence-electron chi connectivity index (χ1n) is 4.14. The lowest BCUT2D eigenvalue weighted by atomic mass is 10.0. The lowest BCUT2D eigenvalue weighted by Crippen LogP contribution is -2.12. The van der Waals surface area contributed by atoms with E-state index >= 15 is 0 Å². The summed E-state index contributed by atoms with van der Waals surface area (Å²) in [6.45, 7) is 0. The maximum Gasteiger partial charge on any atom is 0.311 e. The molecule has 1 aromatic carbocycles. The summed E-state index contributed by atoms with van der Waals surface area (Å²) in [6, 6.07) is 5.45. The number of carboxylic acid groups (broad SMARTS) is 1. The number of thiol groups is 1. The first-order valence-corrected chi connectivity index (χ1v) is 4.77. The number of rotatable bonds is 4. The van der Waals surface area contributed by atoms with Crippen molar-refractivity contribution >= 4 is 24.3 Å². The molecule has 0 radical (unpaired) electrons. The number of carbonyl (C=O) groups is 1. The van der Waals surface area contributed by atoms with Gasteiger partial charge in [-0.1, -0.05) is 12.1 Å². The molecule has 1 aromatic rings. The Morgan fingerprint density at radius 3 is 2.33 bits per heavy atom. The van der Waals surface area contributed by atoms with Crippen LogP contribution in [0.15, 0.2) is 24.3 Å². The van der Waals surface area contributed by atoms with E-state index in [0.29, 0.717) is 5.56 Å². The monoisotopic (exact) mass is 227 g/mol. The van der Waals surface area contributed by atoms with Gasteiger partial charge < -0.3 is 5.11 Å². The van der Waals surface area contributed by atoms with Crippen molar-refractivity contribution in [2.75, 3.05) is 5.75 Å². The van der Waals surface area contributed by atoms with Gasteiger partial charge in [0.15, 0.2) is 0 Å². The molecule has 5 nitrogen and oxygen atoms in total. The molecule has 0 spiro atoms. The highest BCUT2D eigenvalue weighted by atomic mass is 32.1. The molecular formula is C9H9NO4S. The van der Waals surface area contributed by atoms with Gasteiger partial charge in [0.1, 0.15) is 0 Å². The molecule has 6 heteroatoms. The summed E-state index contributed by atoms with van der Waals surface area (Å²) in [5.74, 6) is -1.55. The second-order valence-electron chi connectivity index (χ2n) is 2.92. The highest BCUT2D eigenvalue weighted by Crippen LogP contribution is 2.20. The van der Waals surface area contributed by atoms with Crippen molar-refractivity contribution in [3.05, 3.63) is 39.9 Å². The fourth-order valence-corrected chi connectivity index (χ4v) is 1.52. The molecule has 1 atom stereocenters. The number of nitro groups is 1. The van der Waals surface area contributed by atoms with Gasteiger partial charge in [-0.15, -0.1) is 0 Å². The molecule has 0 amide bonds. The van der Waals surface area contributed by atoms with Crippen LogP contribution in [0.1, 0.15) is 11.5 Å². The van der Waals surface area contributed by atoms with Crippen LogP contribution in [0.4, 0.5) is 5.69 Å². The lowest BCUT2D eigenvalue weighted by Gasteiger charge is -2.08. The van der Waals surface area contributed by atoms with Crippen LogP contribution in [0.2, 0.25) is 0 Å². The van der Waals surface area contributed by atoms with Crippen LogP contribution in [0.3, 0.4) is 0 Å². The van der Waals surface area contributed by atoms with Gasteiger partial charge in [0.2, 0.25) is 0 Å². The smallest absolute Gasteiger partial charge is 0.311 e. The third-order valence-corrected chi connectivity index (χ3v) is 2.35.